The zero-order chi connectivity index (χ0) is 18.8. The molecule has 0 radical (unpaired) electrons. The van der Waals surface area contributed by atoms with Crippen LogP contribution in [0.5, 0.6) is 0 Å². The Kier molecular flexibility index (Phi) is 10.4. The van der Waals surface area contributed by atoms with Gasteiger partial charge in [-0.05, 0) is 33.7 Å². The monoisotopic (exact) mass is 369 g/mol. The summed E-state index contributed by atoms with van der Waals surface area (Å²) >= 11 is 1.71. The maximum absolute atomic E-state index is 3.78. The van der Waals surface area contributed by atoms with E-state index in [-0.39, 0.29) is 0 Å². The summed E-state index contributed by atoms with van der Waals surface area (Å²) in [7, 11) is 0. The second-order valence-electron chi connectivity index (χ2n) is 5.32. The van der Waals surface area contributed by atoms with Crippen LogP contribution >= 0.6 is 11.3 Å². The highest BCUT2D eigenvalue weighted by atomic mass is 32.1. The smallest absolute Gasteiger partial charge is 0.0267 e. The molecule has 2 heterocycles. The van der Waals surface area contributed by atoms with Gasteiger partial charge in [-0.15, -0.1) is 0 Å². The molecule has 0 aliphatic carbocycles. The molecule has 2 heteroatoms. The van der Waals surface area contributed by atoms with Crippen LogP contribution in [0.15, 0.2) is 138 Å². The minimum atomic E-state index is 1.31. The number of thiophene rings is 1. The van der Waals surface area contributed by atoms with Crippen molar-refractivity contribution in [3.8, 4) is 0 Å². The van der Waals surface area contributed by atoms with Crippen LogP contribution in [0.3, 0.4) is 0 Å². The Labute approximate surface area is 165 Å². The fraction of sp³-hybridized carbons (Fsp3) is 0. The minimum absolute atomic E-state index is 1.31. The molecule has 134 valence electrons. The molecule has 0 atom stereocenters. The molecular weight excluding hydrogens is 346 g/mol. The maximum Gasteiger partial charge on any atom is 0.0267 e. The van der Waals surface area contributed by atoms with Crippen molar-refractivity contribution >= 4 is 22.1 Å². The van der Waals surface area contributed by atoms with Crippen LogP contribution < -0.4 is 0 Å². The molecule has 0 bridgehead atoms. The highest BCUT2D eigenvalue weighted by molar-refractivity contribution is 7.07. The van der Waals surface area contributed by atoms with E-state index in [4.69, 9.17) is 0 Å². The highest BCUT2D eigenvalue weighted by Gasteiger charge is 1.85. The Morgan fingerprint density at radius 2 is 0.778 bits per heavy atom. The van der Waals surface area contributed by atoms with Gasteiger partial charge < -0.3 is 0 Å². The van der Waals surface area contributed by atoms with Crippen LogP contribution in [0.1, 0.15) is 0 Å². The first-order valence-corrected chi connectivity index (χ1v) is 9.67. The summed E-state index contributed by atoms with van der Waals surface area (Å²) in [6.45, 7) is 0. The van der Waals surface area contributed by atoms with Crippen molar-refractivity contribution < 1.29 is 0 Å². The maximum atomic E-state index is 3.78. The van der Waals surface area contributed by atoms with Crippen molar-refractivity contribution in [3.63, 3.8) is 0 Å². The summed E-state index contributed by atoms with van der Waals surface area (Å²) in [5.74, 6) is 0. The molecule has 0 N–H and O–H groups in total. The van der Waals surface area contributed by atoms with Crippen LogP contribution in [0.4, 0.5) is 0 Å². The van der Waals surface area contributed by atoms with Crippen LogP contribution in [-0.2, 0) is 0 Å². The number of hydrogen-bond donors (Lipinski definition) is 0. The molecule has 0 aliphatic heterocycles. The minimum Gasteiger partial charge on any atom is -0.265 e. The predicted octanol–water partition coefficient (Wildman–Crippen LogP) is 7.36. The number of hydrogen-bond acceptors (Lipinski definition) is 2. The van der Waals surface area contributed by atoms with Gasteiger partial charge in [0.2, 0.25) is 0 Å². The second kappa shape index (κ2) is 14.0. The largest absolute Gasteiger partial charge is 0.265 e. The summed E-state index contributed by atoms with van der Waals surface area (Å²) in [4.78, 5) is 3.78. The molecule has 0 fully saturated rings. The number of fused-ring (bicyclic) bond motifs is 1. The molecule has 0 saturated carbocycles. The number of nitrogens with zero attached hydrogens (tertiary/aromatic N) is 1. The van der Waals surface area contributed by atoms with Crippen LogP contribution in [0.25, 0.3) is 10.8 Å². The average Bonchev–Trinajstić information content (AvgIpc) is 3.38. The van der Waals surface area contributed by atoms with Crippen LogP contribution in [0, 0.1) is 0 Å². The van der Waals surface area contributed by atoms with Gasteiger partial charge in [-0.3, -0.25) is 4.98 Å². The lowest BCUT2D eigenvalue weighted by atomic mass is 10.1. The summed E-state index contributed by atoms with van der Waals surface area (Å²) in [5, 5.41) is 6.70. The fourth-order valence-electron chi connectivity index (χ4n) is 2.06. The number of aromatic nitrogens is 1. The summed E-state index contributed by atoms with van der Waals surface area (Å²) < 4.78 is 0. The van der Waals surface area contributed by atoms with Crippen molar-refractivity contribution in [1.29, 1.82) is 0 Å². The standard InChI is InChI=1S/C10H8.C6H6.C5H5N.C4H4S/c1-2-6-10-8-4-3-7-9(10)5-1;2*1-2-4-6-5-3-1;1-2-4-5-3-1/h1-8H;1-6H;1-5H;1-4H. The first-order valence-electron chi connectivity index (χ1n) is 8.73. The Balaban J connectivity index is 0.000000135. The van der Waals surface area contributed by atoms with E-state index in [1.165, 1.54) is 10.8 Å². The van der Waals surface area contributed by atoms with E-state index in [1.54, 1.807) is 23.7 Å². The van der Waals surface area contributed by atoms with E-state index in [0.29, 0.717) is 0 Å². The SMILES string of the molecule is c1ccc2ccccc2c1.c1ccccc1.c1ccncc1.c1ccsc1. The molecule has 3 aromatic carbocycles. The van der Waals surface area contributed by atoms with E-state index in [0.717, 1.165) is 0 Å². The normalized spacial score (nSPS) is 8.74. The topological polar surface area (TPSA) is 12.9 Å². The van der Waals surface area contributed by atoms with Gasteiger partial charge >= 0.3 is 0 Å². The van der Waals surface area contributed by atoms with Gasteiger partial charge in [0.1, 0.15) is 0 Å². The zero-order valence-electron chi connectivity index (χ0n) is 15.1. The predicted molar refractivity (Wildman–Crippen MR) is 119 cm³/mol. The lowest BCUT2D eigenvalue weighted by Gasteiger charge is -1.92. The van der Waals surface area contributed by atoms with Crippen LogP contribution in [0.2, 0.25) is 0 Å². The van der Waals surface area contributed by atoms with E-state index in [9.17, 15) is 0 Å². The summed E-state index contributed by atoms with van der Waals surface area (Å²) in [5.41, 5.74) is 0. The van der Waals surface area contributed by atoms with Crippen molar-refractivity contribution in [2.24, 2.45) is 0 Å². The summed E-state index contributed by atoms with van der Waals surface area (Å²) in [6.07, 6.45) is 3.50. The Hall–Kier alpha value is -3.23. The van der Waals surface area contributed by atoms with E-state index in [2.05, 4.69) is 53.5 Å². The van der Waals surface area contributed by atoms with Crippen molar-refractivity contribution in [1.82, 2.24) is 4.98 Å². The third-order valence-electron chi connectivity index (χ3n) is 3.32. The molecule has 5 aromatic rings. The van der Waals surface area contributed by atoms with E-state index in [1.807, 2.05) is 77.5 Å². The summed E-state index contributed by atoms with van der Waals surface area (Å²) in [6, 6.07) is 38.5. The van der Waals surface area contributed by atoms with Gasteiger partial charge in [-0.1, -0.05) is 103 Å². The lowest BCUT2D eigenvalue weighted by molar-refractivity contribution is 1.33. The first-order chi connectivity index (χ1) is 13.5. The molecule has 0 aliphatic rings. The van der Waals surface area contributed by atoms with Gasteiger partial charge in [0.25, 0.3) is 0 Å². The zero-order valence-corrected chi connectivity index (χ0v) is 16.0. The van der Waals surface area contributed by atoms with Crippen molar-refractivity contribution in [3.05, 3.63) is 138 Å². The van der Waals surface area contributed by atoms with Gasteiger partial charge in [0.05, 0.1) is 0 Å². The van der Waals surface area contributed by atoms with Gasteiger partial charge in [-0.2, -0.15) is 11.3 Å². The molecule has 0 unspecified atom stereocenters. The highest BCUT2D eigenvalue weighted by Crippen LogP contribution is 2.11. The molecule has 0 amide bonds. The Morgan fingerprint density at radius 1 is 0.407 bits per heavy atom. The molecule has 1 nitrogen and oxygen atoms in total. The lowest BCUT2D eigenvalue weighted by Crippen LogP contribution is -1.67. The molecule has 0 spiro atoms. The number of benzene rings is 3. The molecule has 27 heavy (non-hydrogen) atoms. The molecule has 5 rings (SSSR count). The van der Waals surface area contributed by atoms with E-state index < -0.39 is 0 Å². The number of pyridine rings is 1. The third-order valence-corrected chi connectivity index (χ3v) is 3.95. The van der Waals surface area contributed by atoms with Crippen molar-refractivity contribution in [2.45, 2.75) is 0 Å². The van der Waals surface area contributed by atoms with Crippen LogP contribution in [-0.4, -0.2) is 4.98 Å². The van der Waals surface area contributed by atoms with Gasteiger partial charge in [0.15, 0.2) is 0 Å². The molecule has 2 aromatic heterocycles. The number of rotatable bonds is 0. The first kappa shape index (κ1) is 20.1. The fourth-order valence-corrected chi connectivity index (χ4v) is 2.51. The Bertz CT molecular complexity index is 752. The van der Waals surface area contributed by atoms with Gasteiger partial charge in [-0.25, -0.2) is 0 Å². The van der Waals surface area contributed by atoms with E-state index >= 15 is 0 Å². The molecule has 0 saturated heterocycles. The Morgan fingerprint density at radius 3 is 1.00 bits per heavy atom. The average molecular weight is 370 g/mol. The second-order valence-corrected chi connectivity index (χ2v) is 6.14. The van der Waals surface area contributed by atoms with Gasteiger partial charge in [0, 0.05) is 12.4 Å². The quantitative estimate of drug-likeness (QED) is 0.278. The third kappa shape index (κ3) is 9.73. The van der Waals surface area contributed by atoms with Crippen molar-refractivity contribution in [2.75, 3.05) is 0 Å². The molecular formula is C25H23NS.